The number of benzene rings is 3. The third-order valence-electron chi connectivity index (χ3n) is 12.9. The molecule has 1 heterocycles. The maximum Gasteiger partial charge on any atom is 0.165 e. The number of phenolic OH excluding ortho intramolecular Hbond substituents is 2. The highest BCUT2D eigenvalue weighted by Crippen LogP contribution is 2.49. The second kappa shape index (κ2) is 17.8. The molecule has 304 valence electrons. The number of phenols is 2. The summed E-state index contributed by atoms with van der Waals surface area (Å²) < 4.78 is 6.09. The van der Waals surface area contributed by atoms with Gasteiger partial charge < -0.3 is 36.5 Å². The van der Waals surface area contributed by atoms with Crippen LogP contribution in [0.15, 0.2) is 79.0 Å². The first kappa shape index (κ1) is 41.0. The number of aliphatic hydroxyl groups is 1. The van der Waals surface area contributed by atoms with Gasteiger partial charge in [0.05, 0.1) is 25.3 Å². The number of aryl methyl sites for hydroxylation is 1. The largest absolute Gasteiger partial charge is 0.508 e. The molecule has 3 aromatic carbocycles. The lowest BCUT2D eigenvalue weighted by Gasteiger charge is -2.31. The fourth-order valence-electron chi connectivity index (χ4n) is 9.30. The summed E-state index contributed by atoms with van der Waals surface area (Å²) >= 11 is 0. The molecule has 3 aliphatic carbocycles. The number of aliphatic hydroxyl groups excluding tert-OH is 1. The highest BCUT2D eigenvalue weighted by molar-refractivity contribution is 5.98. The van der Waals surface area contributed by atoms with Gasteiger partial charge in [0.15, 0.2) is 23.1 Å². The van der Waals surface area contributed by atoms with E-state index in [1.165, 1.54) is 25.7 Å². The van der Waals surface area contributed by atoms with Crippen molar-refractivity contribution in [2.45, 2.75) is 115 Å². The Morgan fingerprint density at radius 1 is 0.966 bits per heavy atom. The molecule has 0 spiro atoms. The number of carbonyl (C=O) groups excluding carboxylic acids is 2. The van der Waals surface area contributed by atoms with E-state index in [0.717, 1.165) is 60.1 Å². The zero-order valence-electron chi connectivity index (χ0n) is 33.6. The number of ether oxygens (including phenoxy) is 1. The van der Waals surface area contributed by atoms with Gasteiger partial charge in [-0.2, -0.15) is 0 Å². The minimum atomic E-state index is -0.690. The van der Waals surface area contributed by atoms with Gasteiger partial charge in [-0.15, -0.1) is 0 Å². The van der Waals surface area contributed by atoms with Gasteiger partial charge in [0, 0.05) is 53.8 Å². The zero-order chi connectivity index (χ0) is 40.9. The van der Waals surface area contributed by atoms with Crippen LogP contribution in [0.3, 0.4) is 0 Å². The van der Waals surface area contributed by atoms with Gasteiger partial charge in [-0.25, -0.2) is 0 Å². The van der Waals surface area contributed by atoms with E-state index < -0.39 is 12.1 Å². The summed E-state index contributed by atoms with van der Waals surface area (Å²) in [6.07, 6.45) is 16.1. The molecule has 0 unspecified atom stereocenters. The number of aromatic nitrogens is 1. The highest BCUT2D eigenvalue weighted by atomic mass is 16.5. The van der Waals surface area contributed by atoms with E-state index in [0.29, 0.717) is 53.5 Å². The van der Waals surface area contributed by atoms with E-state index in [9.17, 15) is 24.9 Å². The van der Waals surface area contributed by atoms with Crippen LogP contribution in [0.1, 0.15) is 139 Å². The number of ketones is 2. The van der Waals surface area contributed by atoms with Crippen LogP contribution in [-0.4, -0.2) is 44.6 Å². The van der Waals surface area contributed by atoms with Gasteiger partial charge in [-0.05, 0) is 121 Å². The van der Waals surface area contributed by atoms with E-state index in [2.05, 4.69) is 29.8 Å². The number of hydrogen-bond donors (Lipinski definition) is 6. The molecule has 7 rings (SSSR count). The van der Waals surface area contributed by atoms with Crippen molar-refractivity contribution in [3.05, 3.63) is 124 Å². The van der Waals surface area contributed by atoms with E-state index in [1.807, 2.05) is 36.4 Å². The molecule has 1 aromatic heterocycles. The summed E-state index contributed by atoms with van der Waals surface area (Å²) in [6, 6.07) is 17.9. The number of fused-ring (bicyclic) bond motifs is 2. The molecule has 9 nitrogen and oxygen atoms in total. The monoisotopic (exact) mass is 783 g/mol. The molecular formula is C49H57N3O6. The predicted octanol–water partition coefficient (Wildman–Crippen LogP) is 8.23. The number of aromatic hydroxyl groups is 2. The summed E-state index contributed by atoms with van der Waals surface area (Å²) in [7, 11) is 0. The molecule has 0 amide bonds. The highest BCUT2D eigenvalue weighted by Gasteiger charge is 2.39. The first-order valence-electron chi connectivity index (χ1n) is 20.9. The van der Waals surface area contributed by atoms with Crippen molar-refractivity contribution in [1.29, 1.82) is 0 Å². The van der Waals surface area contributed by atoms with Gasteiger partial charge in [0.1, 0.15) is 5.75 Å². The number of hydrogen-bond acceptors (Lipinski definition) is 8. The summed E-state index contributed by atoms with van der Waals surface area (Å²) in [5.74, 6) is 6.37. The lowest BCUT2D eigenvalue weighted by Crippen LogP contribution is -2.21. The minimum Gasteiger partial charge on any atom is -0.508 e. The van der Waals surface area contributed by atoms with Crippen molar-refractivity contribution in [1.82, 2.24) is 4.98 Å². The van der Waals surface area contributed by atoms with Gasteiger partial charge in [0.25, 0.3) is 0 Å². The van der Waals surface area contributed by atoms with Gasteiger partial charge >= 0.3 is 0 Å². The van der Waals surface area contributed by atoms with Gasteiger partial charge in [-0.1, -0.05) is 68.0 Å². The molecule has 8 N–H and O–H groups in total. The fraction of sp³-hybridized carbons (Fsp3) is 0.429. The Kier molecular flexibility index (Phi) is 12.6. The first-order valence-corrected chi connectivity index (χ1v) is 20.9. The van der Waals surface area contributed by atoms with E-state index >= 15 is 0 Å². The van der Waals surface area contributed by atoms with Crippen molar-refractivity contribution in [3.8, 4) is 29.1 Å². The maximum absolute atomic E-state index is 13.7. The second-order valence-corrected chi connectivity index (χ2v) is 17.3. The third kappa shape index (κ3) is 9.75. The number of rotatable bonds is 14. The lowest BCUT2D eigenvalue weighted by molar-refractivity contribution is -0.114. The van der Waals surface area contributed by atoms with E-state index in [1.54, 1.807) is 36.5 Å². The van der Waals surface area contributed by atoms with Crippen molar-refractivity contribution < 1.29 is 29.6 Å². The molecule has 2 fully saturated rings. The van der Waals surface area contributed by atoms with Crippen molar-refractivity contribution in [2.75, 3.05) is 6.61 Å². The summed E-state index contributed by atoms with van der Waals surface area (Å²) in [5, 5.41) is 32.3. The molecule has 3 aliphatic rings. The number of allylic oxidation sites excluding steroid dienone is 2. The molecule has 58 heavy (non-hydrogen) atoms. The van der Waals surface area contributed by atoms with Crippen LogP contribution in [0.25, 0.3) is 0 Å². The number of aromatic amines is 1. The van der Waals surface area contributed by atoms with Crippen LogP contribution in [0, 0.1) is 22.7 Å². The molecule has 2 saturated carbocycles. The number of nitrogens with two attached hydrogens (primary N) is 2. The van der Waals surface area contributed by atoms with Crippen LogP contribution >= 0.6 is 0 Å². The Balaban J connectivity index is 1.01. The van der Waals surface area contributed by atoms with Crippen LogP contribution in [0.4, 0.5) is 0 Å². The summed E-state index contributed by atoms with van der Waals surface area (Å²) in [6.45, 7) is 2.63. The summed E-state index contributed by atoms with van der Waals surface area (Å²) in [5.41, 5.74) is 18.2. The average molecular weight is 784 g/mol. The van der Waals surface area contributed by atoms with Gasteiger partial charge in [0.2, 0.25) is 0 Å². The van der Waals surface area contributed by atoms with E-state index in [4.69, 9.17) is 16.2 Å². The van der Waals surface area contributed by atoms with Crippen LogP contribution in [0.5, 0.6) is 17.2 Å². The van der Waals surface area contributed by atoms with Crippen molar-refractivity contribution in [3.63, 3.8) is 0 Å². The summed E-state index contributed by atoms with van der Waals surface area (Å²) in [4.78, 5) is 30.0. The number of H-pyrrole nitrogens is 1. The number of carbonyl (C=O) groups is 2. The predicted molar refractivity (Wildman–Crippen MR) is 226 cm³/mol. The lowest BCUT2D eigenvalue weighted by atomic mass is 9.74. The van der Waals surface area contributed by atoms with Gasteiger partial charge in [-0.3, -0.25) is 9.59 Å². The second-order valence-electron chi connectivity index (χ2n) is 17.3. The Bertz CT molecular complexity index is 2220. The quantitative estimate of drug-likeness (QED) is 0.0422. The van der Waals surface area contributed by atoms with Crippen molar-refractivity contribution in [2.24, 2.45) is 22.3 Å². The molecule has 4 aromatic rings. The molecular weight excluding hydrogens is 727 g/mol. The van der Waals surface area contributed by atoms with Crippen molar-refractivity contribution >= 4 is 11.6 Å². The Hall–Kier alpha value is -5.14. The van der Waals surface area contributed by atoms with E-state index in [-0.39, 0.29) is 47.6 Å². The van der Waals surface area contributed by atoms with Crippen LogP contribution < -0.4 is 16.2 Å². The Labute approximate surface area is 341 Å². The average Bonchev–Trinajstić information content (AvgIpc) is 3.97. The smallest absolute Gasteiger partial charge is 0.165 e. The number of nitrogens with one attached hydrogen (secondary N) is 1. The first-order chi connectivity index (χ1) is 27.9. The fourth-order valence-corrected chi connectivity index (χ4v) is 9.30. The minimum absolute atomic E-state index is 0.0116. The van der Waals surface area contributed by atoms with Crippen LogP contribution in [-0.2, 0) is 24.1 Å². The normalized spacial score (nSPS) is 21.4. The molecule has 0 bridgehead atoms. The Morgan fingerprint density at radius 2 is 1.74 bits per heavy atom. The Morgan fingerprint density at radius 3 is 2.50 bits per heavy atom. The molecule has 0 saturated heterocycles. The molecule has 3 atom stereocenters. The molecule has 0 aliphatic heterocycles. The topological polar surface area (TPSA) is 172 Å². The standard InChI is InChI=1S/C49H57N3O6/c1-48(19-2-3-20-48)23-24-49(22-16-37(54)31-49)21-15-36(53)11-7-32-9-14-44(56)46(28-32)58-26-18-33-8-13-43(55)41(27-33)40-30-45(57)39-17-25-52-42(39)6-4-5-34-29-35(47(50)51)10-12-38(34)40/h8-10,12-15,17,21,25,27-29,37,40,47,52,54-56H,2-3,6-7,11,16,18-20,22-24,26,30-31,50-51H2,1H3/b21-15+/t37-,40-,49+/m0/s1. The number of Topliss-reactive ketones (excluding diaryl/α,β-unsaturated/α-hetero) is 1. The SMILES string of the molecule is CC1(CC[C@@]2(/C=C/C(=O)CCc3ccc(O)c(OCCc4ccc(O)c([C@H]5CC(=O)c6cc[nH]c6CC#Cc6cc(C(N)N)ccc65)c4)c3)CC[C@H](O)C2)CCCC1. The van der Waals surface area contributed by atoms with Crippen LogP contribution in [0.2, 0.25) is 0 Å². The maximum atomic E-state index is 13.7. The molecule has 0 radical (unpaired) electrons. The molecule has 9 heteroatoms. The third-order valence-corrected chi connectivity index (χ3v) is 12.9. The zero-order valence-corrected chi connectivity index (χ0v) is 33.6.